The quantitative estimate of drug-likeness (QED) is 0.814. The molecule has 0 fully saturated rings. The number of carboxylic acids is 1. The first-order valence-electron chi connectivity index (χ1n) is 8.36. The van der Waals surface area contributed by atoms with Gasteiger partial charge in [-0.3, -0.25) is 14.5 Å². The van der Waals surface area contributed by atoms with Crippen LogP contribution in [0.3, 0.4) is 0 Å². The number of rotatable bonds is 7. The SMILES string of the molecule is COc1ccc(-c2cc3n(n2)CCC(=O)N3CCCC(=O)O)cc1OC. The lowest BCUT2D eigenvalue weighted by atomic mass is 10.1. The molecule has 0 atom stereocenters. The normalized spacial score (nSPS) is 13.5. The van der Waals surface area contributed by atoms with Gasteiger partial charge in [0.15, 0.2) is 11.5 Å². The third-order valence-corrected chi connectivity index (χ3v) is 4.33. The number of benzene rings is 1. The van der Waals surface area contributed by atoms with Crippen LogP contribution in [0, 0.1) is 0 Å². The number of aromatic nitrogens is 2. The number of carbonyl (C=O) groups is 2. The largest absolute Gasteiger partial charge is 0.493 e. The minimum absolute atomic E-state index is 0.0124. The van der Waals surface area contributed by atoms with Gasteiger partial charge >= 0.3 is 5.97 Å². The number of carboxylic acid groups (broad SMARTS) is 1. The van der Waals surface area contributed by atoms with E-state index in [1.165, 1.54) is 0 Å². The Morgan fingerprint density at radius 2 is 2.00 bits per heavy atom. The Balaban J connectivity index is 1.89. The molecule has 2 aromatic rings. The fraction of sp³-hybridized carbons (Fsp3) is 0.389. The Morgan fingerprint density at radius 1 is 1.23 bits per heavy atom. The molecule has 1 amide bonds. The predicted molar refractivity (Wildman–Crippen MR) is 94.6 cm³/mol. The van der Waals surface area contributed by atoms with Crippen molar-refractivity contribution >= 4 is 17.7 Å². The van der Waals surface area contributed by atoms with E-state index >= 15 is 0 Å². The molecule has 0 bridgehead atoms. The van der Waals surface area contributed by atoms with E-state index in [-0.39, 0.29) is 12.3 Å². The van der Waals surface area contributed by atoms with Crippen molar-refractivity contribution in [3.63, 3.8) is 0 Å². The molecule has 1 aromatic heterocycles. The molecule has 0 saturated heterocycles. The van der Waals surface area contributed by atoms with Gasteiger partial charge in [0.1, 0.15) is 5.82 Å². The second kappa shape index (κ2) is 7.47. The molecule has 8 nitrogen and oxygen atoms in total. The number of hydrogen-bond donors (Lipinski definition) is 1. The lowest BCUT2D eigenvalue weighted by Gasteiger charge is -2.27. The molecular weight excluding hydrogens is 338 g/mol. The van der Waals surface area contributed by atoms with Crippen LogP contribution in [0.2, 0.25) is 0 Å². The van der Waals surface area contributed by atoms with Crippen LogP contribution < -0.4 is 14.4 Å². The zero-order valence-electron chi connectivity index (χ0n) is 14.8. The highest BCUT2D eigenvalue weighted by Gasteiger charge is 2.26. The summed E-state index contributed by atoms with van der Waals surface area (Å²) in [6.45, 7) is 0.874. The lowest BCUT2D eigenvalue weighted by Crippen LogP contribution is -2.38. The van der Waals surface area contributed by atoms with Gasteiger partial charge in [-0.05, 0) is 24.6 Å². The molecule has 0 unspecified atom stereocenters. The predicted octanol–water partition coefficient (Wildman–Crippen LogP) is 2.17. The van der Waals surface area contributed by atoms with E-state index in [0.29, 0.717) is 43.2 Å². The Hall–Kier alpha value is -3.03. The molecule has 0 radical (unpaired) electrons. The van der Waals surface area contributed by atoms with Gasteiger partial charge in [-0.2, -0.15) is 5.10 Å². The molecule has 0 spiro atoms. The van der Waals surface area contributed by atoms with E-state index in [4.69, 9.17) is 14.6 Å². The number of carbonyl (C=O) groups excluding carboxylic acids is 1. The van der Waals surface area contributed by atoms with E-state index in [2.05, 4.69) is 5.10 Å². The van der Waals surface area contributed by atoms with Gasteiger partial charge in [-0.1, -0.05) is 0 Å². The van der Waals surface area contributed by atoms with Crippen LogP contribution in [0.4, 0.5) is 5.82 Å². The first-order valence-corrected chi connectivity index (χ1v) is 8.36. The summed E-state index contributed by atoms with van der Waals surface area (Å²) in [7, 11) is 3.15. The average Bonchev–Trinajstić information content (AvgIpc) is 3.07. The van der Waals surface area contributed by atoms with Crippen molar-refractivity contribution in [3.05, 3.63) is 24.3 Å². The number of amides is 1. The summed E-state index contributed by atoms with van der Waals surface area (Å²) in [5.41, 5.74) is 1.57. The third kappa shape index (κ3) is 3.49. The molecule has 1 N–H and O–H groups in total. The van der Waals surface area contributed by atoms with Crippen molar-refractivity contribution in [2.24, 2.45) is 0 Å². The van der Waals surface area contributed by atoms with E-state index in [9.17, 15) is 9.59 Å². The first-order chi connectivity index (χ1) is 12.5. The Kier molecular flexibility index (Phi) is 5.11. The smallest absolute Gasteiger partial charge is 0.303 e. The first kappa shape index (κ1) is 17.8. The van der Waals surface area contributed by atoms with Gasteiger partial charge in [0.05, 0.1) is 26.5 Å². The number of aryl methyl sites for hydroxylation is 1. The highest BCUT2D eigenvalue weighted by atomic mass is 16.5. The van der Waals surface area contributed by atoms with Crippen molar-refractivity contribution in [2.45, 2.75) is 25.8 Å². The second-order valence-electron chi connectivity index (χ2n) is 5.97. The minimum atomic E-state index is -0.867. The Morgan fingerprint density at radius 3 is 2.69 bits per heavy atom. The van der Waals surface area contributed by atoms with Gasteiger partial charge in [0.25, 0.3) is 0 Å². The third-order valence-electron chi connectivity index (χ3n) is 4.33. The molecule has 138 valence electrons. The molecule has 8 heteroatoms. The van der Waals surface area contributed by atoms with Crippen molar-refractivity contribution in [2.75, 3.05) is 25.7 Å². The summed E-state index contributed by atoms with van der Waals surface area (Å²) in [5.74, 6) is 1.04. The number of ether oxygens (including phenoxy) is 2. The summed E-state index contributed by atoms with van der Waals surface area (Å²) in [6, 6.07) is 7.37. The second-order valence-corrected chi connectivity index (χ2v) is 5.97. The maximum Gasteiger partial charge on any atom is 0.303 e. The summed E-state index contributed by atoms with van der Waals surface area (Å²) < 4.78 is 12.4. The van der Waals surface area contributed by atoms with Gasteiger partial charge in [-0.25, -0.2) is 4.68 Å². The van der Waals surface area contributed by atoms with Crippen LogP contribution in [0.15, 0.2) is 24.3 Å². The van der Waals surface area contributed by atoms with Gasteiger partial charge in [0.2, 0.25) is 5.91 Å². The van der Waals surface area contributed by atoms with E-state index in [1.54, 1.807) is 23.8 Å². The molecule has 3 rings (SSSR count). The molecule has 26 heavy (non-hydrogen) atoms. The minimum Gasteiger partial charge on any atom is -0.493 e. The molecule has 1 aliphatic rings. The maximum absolute atomic E-state index is 12.3. The fourth-order valence-corrected chi connectivity index (χ4v) is 3.02. The van der Waals surface area contributed by atoms with Crippen LogP contribution in [0.1, 0.15) is 19.3 Å². The molecule has 1 aliphatic heterocycles. The number of methoxy groups -OCH3 is 2. The van der Waals surface area contributed by atoms with Gasteiger partial charge in [-0.15, -0.1) is 0 Å². The van der Waals surface area contributed by atoms with Crippen LogP contribution in [0.25, 0.3) is 11.3 Å². The number of anilines is 1. The number of fused-ring (bicyclic) bond motifs is 1. The summed E-state index contributed by atoms with van der Waals surface area (Å²) >= 11 is 0. The summed E-state index contributed by atoms with van der Waals surface area (Å²) in [6.07, 6.45) is 0.783. The Labute approximate surface area is 150 Å². The fourth-order valence-electron chi connectivity index (χ4n) is 3.02. The van der Waals surface area contributed by atoms with E-state index < -0.39 is 5.97 Å². The topological polar surface area (TPSA) is 93.9 Å². The van der Waals surface area contributed by atoms with E-state index in [0.717, 1.165) is 11.3 Å². The average molecular weight is 359 g/mol. The van der Waals surface area contributed by atoms with Crippen molar-refractivity contribution in [3.8, 4) is 22.8 Å². The Bertz CT molecular complexity index is 830. The highest BCUT2D eigenvalue weighted by molar-refractivity contribution is 5.94. The standard InChI is InChI=1S/C18H21N3O5/c1-25-14-6-5-12(10-15(14)26-2)13-11-16-20(8-3-4-18(23)24)17(22)7-9-21(16)19-13/h5-6,10-11H,3-4,7-9H2,1-2H3,(H,23,24). The zero-order valence-corrected chi connectivity index (χ0v) is 14.8. The number of hydrogen-bond acceptors (Lipinski definition) is 5. The molecule has 0 aliphatic carbocycles. The van der Waals surface area contributed by atoms with Crippen molar-refractivity contribution in [1.29, 1.82) is 0 Å². The summed E-state index contributed by atoms with van der Waals surface area (Å²) in [5, 5.41) is 13.4. The molecular formula is C18H21N3O5. The lowest BCUT2D eigenvalue weighted by molar-refractivity contribution is -0.137. The van der Waals surface area contributed by atoms with Crippen LogP contribution in [0.5, 0.6) is 11.5 Å². The van der Waals surface area contributed by atoms with Crippen LogP contribution in [-0.4, -0.2) is 47.5 Å². The van der Waals surface area contributed by atoms with Crippen LogP contribution in [-0.2, 0) is 16.1 Å². The number of aliphatic carboxylic acids is 1. The molecule has 2 heterocycles. The maximum atomic E-state index is 12.3. The zero-order chi connectivity index (χ0) is 18.7. The van der Waals surface area contributed by atoms with E-state index in [1.807, 2.05) is 24.3 Å². The van der Waals surface area contributed by atoms with Gasteiger partial charge < -0.3 is 14.6 Å². The highest BCUT2D eigenvalue weighted by Crippen LogP contribution is 2.34. The number of nitrogens with zero attached hydrogens (tertiary/aromatic N) is 3. The van der Waals surface area contributed by atoms with Gasteiger partial charge in [0, 0.05) is 31.0 Å². The van der Waals surface area contributed by atoms with Crippen molar-refractivity contribution in [1.82, 2.24) is 9.78 Å². The monoisotopic (exact) mass is 359 g/mol. The van der Waals surface area contributed by atoms with Crippen LogP contribution >= 0.6 is 0 Å². The molecule has 0 saturated carbocycles. The summed E-state index contributed by atoms with van der Waals surface area (Å²) in [4.78, 5) is 24.6. The van der Waals surface area contributed by atoms with Crippen molar-refractivity contribution < 1.29 is 24.2 Å². The molecule has 1 aromatic carbocycles.